The minimum atomic E-state index is -0.142. The van der Waals surface area contributed by atoms with Crippen LogP contribution in [0.3, 0.4) is 0 Å². The summed E-state index contributed by atoms with van der Waals surface area (Å²) in [5.74, 6) is -0.142. The highest BCUT2D eigenvalue weighted by atomic mass is 32.1. The molecule has 16 heavy (non-hydrogen) atoms. The van der Waals surface area contributed by atoms with Gasteiger partial charge in [0.05, 0.1) is 5.56 Å². The molecule has 2 nitrogen and oxygen atoms in total. The van der Waals surface area contributed by atoms with Crippen molar-refractivity contribution in [1.29, 1.82) is 0 Å². The molecule has 0 aliphatic rings. The number of carbonyl (C=O) groups excluding carboxylic acids is 1. The van der Waals surface area contributed by atoms with E-state index in [4.69, 9.17) is 0 Å². The molecule has 0 aliphatic heterocycles. The Morgan fingerprint density at radius 2 is 1.56 bits per heavy atom. The Hall–Kier alpha value is -1.74. The van der Waals surface area contributed by atoms with Gasteiger partial charge in [-0.3, -0.25) is 4.79 Å². The number of nitrogens with one attached hydrogen (secondary N) is 1. The van der Waals surface area contributed by atoms with Crippen LogP contribution in [0.5, 0.6) is 0 Å². The van der Waals surface area contributed by atoms with E-state index in [1.54, 1.807) is 12.1 Å². The van der Waals surface area contributed by atoms with Crippen molar-refractivity contribution in [1.82, 2.24) is 0 Å². The standard InChI is InChI=1S/C13H11NOS/c15-13(11-8-4-5-9-12(11)16)14-10-6-2-1-3-7-10/h1-9,16H,(H,14,15). The molecule has 0 saturated heterocycles. The molecule has 0 saturated carbocycles. The first-order valence-corrected chi connectivity index (χ1v) is 5.36. The number of anilines is 1. The zero-order valence-electron chi connectivity index (χ0n) is 8.55. The molecule has 2 rings (SSSR count). The van der Waals surface area contributed by atoms with E-state index in [1.165, 1.54) is 0 Å². The second-order valence-corrected chi connectivity index (χ2v) is 3.82. The van der Waals surface area contributed by atoms with Gasteiger partial charge in [-0.25, -0.2) is 0 Å². The molecule has 2 aromatic rings. The molecule has 0 heterocycles. The number of hydrogen-bond acceptors (Lipinski definition) is 2. The van der Waals surface area contributed by atoms with Crippen LogP contribution in [0, 0.1) is 0 Å². The summed E-state index contributed by atoms with van der Waals surface area (Å²) in [6.07, 6.45) is 0. The van der Waals surface area contributed by atoms with Gasteiger partial charge in [0.2, 0.25) is 0 Å². The fourth-order valence-electron chi connectivity index (χ4n) is 1.39. The zero-order chi connectivity index (χ0) is 11.4. The molecule has 1 amide bonds. The van der Waals surface area contributed by atoms with Gasteiger partial charge in [0.1, 0.15) is 0 Å². The fourth-order valence-corrected chi connectivity index (χ4v) is 1.65. The lowest BCUT2D eigenvalue weighted by atomic mass is 10.2. The first kappa shape index (κ1) is 10.8. The summed E-state index contributed by atoms with van der Waals surface area (Å²) in [6.45, 7) is 0. The number of hydrogen-bond donors (Lipinski definition) is 2. The van der Waals surface area contributed by atoms with Crippen LogP contribution in [0.15, 0.2) is 59.5 Å². The van der Waals surface area contributed by atoms with E-state index in [2.05, 4.69) is 17.9 Å². The Labute approximate surface area is 99.7 Å². The summed E-state index contributed by atoms with van der Waals surface area (Å²) >= 11 is 4.24. The minimum absolute atomic E-state index is 0.142. The first-order chi connectivity index (χ1) is 7.77. The van der Waals surface area contributed by atoms with Gasteiger partial charge in [0, 0.05) is 10.6 Å². The average Bonchev–Trinajstić information content (AvgIpc) is 2.31. The highest BCUT2D eigenvalue weighted by Crippen LogP contribution is 2.15. The van der Waals surface area contributed by atoms with Crippen molar-refractivity contribution in [3.8, 4) is 0 Å². The second kappa shape index (κ2) is 4.86. The molecule has 0 radical (unpaired) electrons. The van der Waals surface area contributed by atoms with Gasteiger partial charge in [0.15, 0.2) is 0 Å². The van der Waals surface area contributed by atoms with E-state index >= 15 is 0 Å². The van der Waals surface area contributed by atoms with Crippen LogP contribution in [0.1, 0.15) is 10.4 Å². The molecule has 0 fully saturated rings. The van der Waals surface area contributed by atoms with Crippen LogP contribution in [0.4, 0.5) is 5.69 Å². The van der Waals surface area contributed by atoms with Crippen molar-refractivity contribution in [3.63, 3.8) is 0 Å². The molecular formula is C13H11NOS. The molecule has 2 aromatic carbocycles. The largest absolute Gasteiger partial charge is 0.322 e. The normalized spacial score (nSPS) is 9.81. The Morgan fingerprint density at radius 3 is 2.25 bits per heavy atom. The molecule has 0 aromatic heterocycles. The molecule has 0 atom stereocenters. The smallest absolute Gasteiger partial charge is 0.256 e. The lowest BCUT2D eigenvalue weighted by Crippen LogP contribution is -2.12. The van der Waals surface area contributed by atoms with E-state index in [1.807, 2.05) is 42.5 Å². The van der Waals surface area contributed by atoms with Gasteiger partial charge >= 0.3 is 0 Å². The van der Waals surface area contributed by atoms with Crippen molar-refractivity contribution >= 4 is 24.2 Å². The molecule has 0 aliphatic carbocycles. The number of thiol groups is 1. The van der Waals surface area contributed by atoms with Crippen LogP contribution in [-0.4, -0.2) is 5.91 Å². The van der Waals surface area contributed by atoms with Crippen LogP contribution >= 0.6 is 12.6 Å². The quantitative estimate of drug-likeness (QED) is 0.761. The SMILES string of the molecule is O=C(Nc1ccccc1)c1ccccc1S. The maximum atomic E-state index is 11.9. The van der Waals surface area contributed by atoms with Crippen LogP contribution in [0.25, 0.3) is 0 Å². The van der Waals surface area contributed by atoms with Crippen molar-refractivity contribution in [2.45, 2.75) is 4.90 Å². The highest BCUT2D eigenvalue weighted by molar-refractivity contribution is 7.80. The number of benzene rings is 2. The van der Waals surface area contributed by atoms with E-state index in [0.717, 1.165) is 5.69 Å². The molecule has 1 N–H and O–H groups in total. The predicted molar refractivity (Wildman–Crippen MR) is 68.1 cm³/mol. The maximum absolute atomic E-state index is 11.9. The Balaban J connectivity index is 2.19. The van der Waals surface area contributed by atoms with Gasteiger partial charge in [-0.1, -0.05) is 30.3 Å². The number of para-hydroxylation sites is 1. The van der Waals surface area contributed by atoms with Gasteiger partial charge in [-0.15, -0.1) is 12.6 Å². The average molecular weight is 229 g/mol. The Bertz CT molecular complexity index is 496. The van der Waals surface area contributed by atoms with Crippen LogP contribution < -0.4 is 5.32 Å². The van der Waals surface area contributed by atoms with Crippen molar-refractivity contribution in [3.05, 3.63) is 60.2 Å². The van der Waals surface area contributed by atoms with Crippen molar-refractivity contribution in [2.24, 2.45) is 0 Å². The Morgan fingerprint density at radius 1 is 0.938 bits per heavy atom. The number of amides is 1. The zero-order valence-corrected chi connectivity index (χ0v) is 9.45. The van der Waals surface area contributed by atoms with E-state index in [9.17, 15) is 4.79 Å². The van der Waals surface area contributed by atoms with Gasteiger partial charge in [-0.05, 0) is 24.3 Å². The molecular weight excluding hydrogens is 218 g/mol. The van der Waals surface area contributed by atoms with Gasteiger partial charge < -0.3 is 5.32 Å². The summed E-state index contributed by atoms with van der Waals surface area (Å²) in [4.78, 5) is 12.6. The third kappa shape index (κ3) is 2.44. The lowest BCUT2D eigenvalue weighted by Gasteiger charge is -2.06. The highest BCUT2D eigenvalue weighted by Gasteiger charge is 2.08. The monoisotopic (exact) mass is 229 g/mol. The van der Waals surface area contributed by atoms with Crippen molar-refractivity contribution in [2.75, 3.05) is 5.32 Å². The van der Waals surface area contributed by atoms with E-state index in [0.29, 0.717) is 10.5 Å². The summed E-state index contributed by atoms with van der Waals surface area (Å²) < 4.78 is 0. The second-order valence-electron chi connectivity index (χ2n) is 3.34. The third-order valence-electron chi connectivity index (χ3n) is 2.18. The molecule has 3 heteroatoms. The van der Waals surface area contributed by atoms with Crippen LogP contribution in [-0.2, 0) is 0 Å². The van der Waals surface area contributed by atoms with Gasteiger partial charge in [0.25, 0.3) is 5.91 Å². The Kier molecular flexibility index (Phi) is 3.27. The van der Waals surface area contributed by atoms with E-state index < -0.39 is 0 Å². The predicted octanol–water partition coefficient (Wildman–Crippen LogP) is 3.23. The first-order valence-electron chi connectivity index (χ1n) is 4.92. The van der Waals surface area contributed by atoms with Crippen molar-refractivity contribution < 1.29 is 4.79 Å². The van der Waals surface area contributed by atoms with E-state index in [-0.39, 0.29) is 5.91 Å². The van der Waals surface area contributed by atoms with Gasteiger partial charge in [-0.2, -0.15) is 0 Å². The summed E-state index contributed by atoms with van der Waals surface area (Å²) in [5.41, 5.74) is 1.36. The molecule has 0 spiro atoms. The summed E-state index contributed by atoms with van der Waals surface area (Å²) in [7, 11) is 0. The number of carbonyl (C=O) groups is 1. The number of rotatable bonds is 2. The van der Waals surface area contributed by atoms with Crippen LogP contribution in [0.2, 0.25) is 0 Å². The lowest BCUT2D eigenvalue weighted by molar-refractivity contribution is 0.102. The molecule has 80 valence electrons. The fraction of sp³-hybridized carbons (Fsp3) is 0. The molecule has 0 bridgehead atoms. The summed E-state index contributed by atoms with van der Waals surface area (Å²) in [5, 5.41) is 2.81. The minimum Gasteiger partial charge on any atom is -0.322 e. The maximum Gasteiger partial charge on any atom is 0.256 e. The summed E-state index contributed by atoms with van der Waals surface area (Å²) in [6, 6.07) is 16.6. The third-order valence-corrected chi connectivity index (χ3v) is 2.57. The topological polar surface area (TPSA) is 29.1 Å². The molecule has 0 unspecified atom stereocenters.